The van der Waals surface area contributed by atoms with E-state index in [1.54, 1.807) is 0 Å². The number of nitrogens with zero attached hydrogens (tertiary/aromatic N) is 1. The first-order valence-corrected chi connectivity index (χ1v) is 7.27. The lowest BCUT2D eigenvalue weighted by molar-refractivity contribution is 0.139. The molecule has 19 heavy (non-hydrogen) atoms. The summed E-state index contributed by atoms with van der Waals surface area (Å²) in [5, 5.41) is 3.44. The van der Waals surface area contributed by atoms with Crippen molar-refractivity contribution < 1.29 is 9.15 Å². The van der Waals surface area contributed by atoms with Gasteiger partial charge in [-0.05, 0) is 19.4 Å². The van der Waals surface area contributed by atoms with Gasteiger partial charge >= 0.3 is 0 Å². The molecule has 0 saturated carbocycles. The van der Waals surface area contributed by atoms with Crippen molar-refractivity contribution in [1.82, 2.24) is 10.2 Å². The van der Waals surface area contributed by atoms with Crippen LogP contribution in [-0.4, -0.2) is 37.2 Å². The molecule has 1 aromatic heterocycles. The summed E-state index contributed by atoms with van der Waals surface area (Å²) in [6.07, 6.45) is 1.11. The second-order valence-corrected chi connectivity index (χ2v) is 5.57. The smallest absolute Gasteiger partial charge is 0.118 e. The molecule has 0 amide bonds. The van der Waals surface area contributed by atoms with Gasteiger partial charge in [0.15, 0.2) is 0 Å². The molecule has 0 aromatic carbocycles. The van der Waals surface area contributed by atoms with Crippen LogP contribution in [0.2, 0.25) is 0 Å². The third kappa shape index (κ3) is 4.64. The van der Waals surface area contributed by atoms with Crippen LogP contribution in [0.5, 0.6) is 0 Å². The normalized spacial score (nSPS) is 17.9. The highest BCUT2D eigenvalue weighted by atomic mass is 16.5. The standard InChI is InChI=1S/C15H26N2O2/c1-12(2)16-10-14-9-15(19-13(14)3)11-17-5-4-7-18-8-6-17/h9,12,16H,4-8,10-11H2,1-3H3. The van der Waals surface area contributed by atoms with Gasteiger partial charge in [0.1, 0.15) is 11.5 Å². The molecule has 1 aliphatic heterocycles. The summed E-state index contributed by atoms with van der Waals surface area (Å²) in [4.78, 5) is 2.41. The molecule has 0 radical (unpaired) electrons. The Morgan fingerprint density at radius 2 is 2.16 bits per heavy atom. The molecule has 4 heteroatoms. The van der Waals surface area contributed by atoms with Crippen LogP contribution in [0.3, 0.4) is 0 Å². The monoisotopic (exact) mass is 266 g/mol. The third-order valence-corrected chi connectivity index (χ3v) is 3.47. The van der Waals surface area contributed by atoms with E-state index in [0.29, 0.717) is 6.04 Å². The molecule has 1 N–H and O–H groups in total. The molecule has 4 nitrogen and oxygen atoms in total. The van der Waals surface area contributed by atoms with Gasteiger partial charge in [-0.1, -0.05) is 13.8 Å². The van der Waals surface area contributed by atoms with E-state index in [4.69, 9.17) is 9.15 Å². The first kappa shape index (κ1) is 14.6. The maximum atomic E-state index is 5.87. The van der Waals surface area contributed by atoms with Gasteiger partial charge < -0.3 is 14.5 Å². The number of nitrogens with one attached hydrogen (secondary N) is 1. The first-order chi connectivity index (χ1) is 9.15. The average Bonchev–Trinajstić information content (AvgIpc) is 2.56. The van der Waals surface area contributed by atoms with Gasteiger partial charge in [0, 0.05) is 37.8 Å². The highest BCUT2D eigenvalue weighted by Crippen LogP contribution is 2.17. The van der Waals surface area contributed by atoms with E-state index < -0.39 is 0 Å². The second-order valence-electron chi connectivity index (χ2n) is 5.57. The highest BCUT2D eigenvalue weighted by molar-refractivity contribution is 5.20. The minimum atomic E-state index is 0.500. The van der Waals surface area contributed by atoms with Crippen LogP contribution < -0.4 is 5.32 Å². The topological polar surface area (TPSA) is 37.6 Å². The van der Waals surface area contributed by atoms with Gasteiger partial charge in [-0.25, -0.2) is 0 Å². The molecular formula is C15H26N2O2. The minimum absolute atomic E-state index is 0.500. The number of hydrogen-bond acceptors (Lipinski definition) is 4. The Labute approximate surface area is 116 Å². The Balaban J connectivity index is 1.91. The Kier molecular flexibility index (Phi) is 5.43. The van der Waals surface area contributed by atoms with Crippen LogP contribution in [0.4, 0.5) is 0 Å². The van der Waals surface area contributed by atoms with Gasteiger partial charge in [0.05, 0.1) is 13.2 Å². The SMILES string of the molecule is Cc1oc(CN2CCCOCC2)cc1CNC(C)C. The third-order valence-electron chi connectivity index (χ3n) is 3.47. The summed E-state index contributed by atoms with van der Waals surface area (Å²) in [6.45, 7) is 12.0. The Morgan fingerprint density at radius 1 is 1.32 bits per heavy atom. The summed E-state index contributed by atoms with van der Waals surface area (Å²) in [7, 11) is 0. The molecule has 0 aliphatic carbocycles. The molecular weight excluding hydrogens is 240 g/mol. The molecule has 1 aromatic rings. The minimum Gasteiger partial charge on any atom is -0.465 e. The van der Waals surface area contributed by atoms with Crippen molar-refractivity contribution in [1.29, 1.82) is 0 Å². The van der Waals surface area contributed by atoms with E-state index in [0.717, 1.165) is 57.3 Å². The molecule has 2 heterocycles. The molecule has 1 aliphatic rings. The average molecular weight is 266 g/mol. The lowest BCUT2D eigenvalue weighted by Crippen LogP contribution is -2.25. The highest BCUT2D eigenvalue weighted by Gasteiger charge is 2.13. The zero-order valence-electron chi connectivity index (χ0n) is 12.4. The lowest BCUT2D eigenvalue weighted by Gasteiger charge is -2.16. The molecule has 1 fully saturated rings. The molecule has 0 spiro atoms. The largest absolute Gasteiger partial charge is 0.465 e. The van der Waals surface area contributed by atoms with Crippen LogP contribution in [0.25, 0.3) is 0 Å². The van der Waals surface area contributed by atoms with Crippen molar-refractivity contribution in [2.75, 3.05) is 26.3 Å². The van der Waals surface area contributed by atoms with E-state index in [9.17, 15) is 0 Å². The molecule has 2 rings (SSSR count). The van der Waals surface area contributed by atoms with E-state index in [1.165, 1.54) is 5.56 Å². The van der Waals surface area contributed by atoms with Gasteiger partial charge in [0.25, 0.3) is 0 Å². The fourth-order valence-electron chi connectivity index (χ4n) is 2.33. The fourth-order valence-corrected chi connectivity index (χ4v) is 2.33. The maximum Gasteiger partial charge on any atom is 0.118 e. The summed E-state index contributed by atoms with van der Waals surface area (Å²) in [5.41, 5.74) is 1.27. The van der Waals surface area contributed by atoms with Crippen LogP contribution in [0.15, 0.2) is 10.5 Å². The maximum absolute atomic E-state index is 5.87. The summed E-state index contributed by atoms with van der Waals surface area (Å²) < 4.78 is 11.3. The van der Waals surface area contributed by atoms with Crippen molar-refractivity contribution in [2.45, 2.75) is 46.3 Å². The van der Waals surface area contributed by atoms with E-state index in [2.05, 4.69) is 30.1 Å². The zero-order valence-corrected chi connectivity index (χ0v) is 12.4. The quantitative estimate of drug-likeness (QED) is 0.887. The van der Waals surface area contributed by atoms with Crippen LogP contribution >= 0.6 is 0 Å². The molecule has 0 atom stereocenters. The number of ether oxygens (including phenoxy) is 1. The fraction of sp³-hybridized carbons (Fsp3) is 0.733. The van der Waals surface area contributed by atoms with Crippen molar-refractivity contribution >= 4 is 0 Å². The molecule has 108 valence electrons. The first-order valence-electron chi connectivity index (χ1n) is 7.27. The number of hydrogen-bond donors (Lipinski definition) is 1. The predicted molar refractivity (Wildman–Crippen MR) is 76.1 cm³/mol. The number of aryl methyl sites for hydroxylation is 1. The van der Waals surface area contributed by atoms with E-state index in [-0.39, 0.29) is 0 Å². The van der Waals surface area contributed by atoms with Gasteiger partial charge in [-0.3, -0.25) is 4.90 Å². The van der Waals surface area contributed by atoms with Crippen molar-refractivity contribution in [3.63, 3.8) is 0 Å². The van der Waals surface area contributed by atoms with E-state index in [1.807, 2.05) is 6.92 Å². The number of furan rings is 1. The Morgan fingerprint density at radius 3 is 2.95 bits per heavy atom. The summed E-state index contributed by atoms with van der Waals surface area (Å²) >= 11 is 0. The van der Waals surface area contributed by atoms with Crippen molar-refractivity contribution in [2.24, 2.45) is 0 Å². The van der Waals surface area contributed by atoms with Crippen molar-refractivity contribution in [3.8, 4) is 0 Å². The molecule has 1 saturated heterocycles. The van der Waals surface area contributed by atoms with Crippen molar-refractivity contribution in [3.05, 3.63) is 23.2 Å². The van der Waals surface area contributed by atoms with Crippen LogP contribution in [0, 0.1) is 6.92 Å². The Hall–Kier alpha value is -0.840. The summed E-state index contributed by atoms with van der Waals surface area (Å²) in [5.74, 6) is 2.11. The van der Waals surface area contributed by atoms with Gasteiger partial charge in [-0.15, -0.1) is 0 Å². The molecule has 0 unspecified atom stereocenters. The Bertz CT molecular complexity index is 379. The lowest BCUT2D eigenvalue weighted by atomic mass is 10.2. The van der Waals surface area contributed by atoms with Crippen LogP contribution in [0.1, 0.15) is 37.4 Å². The van der Waals surface area contributed by atoms with Gasteiger partial charge in [0.2, 0.25) is 0 Å². The second kappa shape index (κ2) is 7.08. The molecule has 0 bridgehead atoms. The number of rotatable bonds is 5. The van der Waals surface area contributed by atoms with Gasteiger partial charge in [-0.2, -0.15) is 0 Å². The van der Waals surface area contributed by atoms with Crippen LogP contribution in [-0.2, 0) is 17.8 Å². The zero-order chi connectivity index (χ0) is 13.7. The predicted octanol–water partition coefficient (Wildman–Crippen LogP) is 2.31. The van der Waals surface area contributed by atoms with E-state index >= 15 is 0 Å². The summed E-state index contributed by atoms with van der Waals surface area (Å²) in [6, 6.07) is 2.69.